The number of hydrogen-bond acceptors (Lipinski definition) is 5. The molecule has 1 heterocycles. The molecule has 1 amide bonds. The molecule has 0 aliphatic carbocycles. The molecule has 1 rings (SSSR count). The first kappa shape index (κ1) is 11.1. The molecule has 0 saturated heterocycles. The molecule has 0 bridgehead atoms. The lowest BCUT2D eigenvalue weighted by molar-refractivity contribution is -0.116. The van der Waals surface area contributed by atoms with Crippen LogP contribution in [0.5, 0.6) is 0 Å². The number of nitrogens with zero attached hydrogens (tertiary/aromatic N) is 2. The number of carbonyl (C=O) groups excluding carboxylic acids is 1. The second kappa shape index (κ2) is 6.44. The van der Waals surface area contributed by atoms with Crippen LogP contribution in [0.1, 0.15) is 19.3 Å². The van der Waals surface area contributed by atoms with E-state index in [1.165, 1.54) is 17.7 Å². The topological polar surface area (TPSA) is 64.1 Å². The summed E-state index contributed by atoms with van der Waals surface area (Å²) < 4.78 is 8.52. The average molecular weight is 215 g/mol. The van der Waals surface area contributed by atoms with Crippen molar-refractivity contribution in [2.75, 3.05) is 19.0 Å². The molecule has 14 heavy (non-hydrogen) atoms. The molecular weight excluding hydrogens is 202 g/mol. The van der Waals surface area contributed by atoms with E-state index in [9.17, 15) is 4.79 Å². The van der Waals surface area contributed by atoms with E-state index >= 15 is 0 Å². The third-order valence-electron chi connectivity index (χ3n) is 1.63. The molecule has 0 saturated carbocycles. The molecule has 6 heteroatoms. The fourth-order valence-corrected chi connectivity index (χ4v) is 1.39. The largest absolute Gasteiger partial charge is 0.385 e. The van der Waals surface area contributed by atoms with Gasteiger partial charge in [0.2, 0.25) is 5.91 Å². The zero-order valence-electron chi connectivity index (χ0n) is 8.02. The van der Waals surface area contributed by atoms with E-state index in [1.807, 2.05) is 0 Å². The molecule has 1 aromatic rings. The number of ether oxygens (including phenoxy) is 1. The van der Waals surface area contributed by atoms with Gasteiger partial charge in [-0.3, -0.25) is 4.79 Å². The van der Waals surface area contributed by atoms with Gasteiger partial charge in [0.05, 0.1) is 6.20 Å². The Balaban J connectivity index is 2.11. The predicted molar refractivity (Wildman–Crippen MR) is 54.3 cm³/mol. The fraction of sp³-hybridized carbons (Fsp3) is 0.625. The Hall–Kier alpha value is -1.01. The summed E-state index contributed by atoms with van der Waals surface area (Å²) in [6.45, 7) is 0.704. The van der Waals surface area contributed by atoms with Crippen molar-refractivity contribution in [1.82, 2.24) is 9.59 Å². The summed E-state index contributed by atoms with van der Waals surface area (Å²) in [5.74, 6) is 0.00662. The van der Waals surface area contributed by atoms with Crippen LogP contribution in [0.15, 0.2) is 6.20 Å². The molecule has 78 valence electrons. The molecule has 0 fully saturated rings. The van der Waals surface area contributed by atoms with Crippen LogP contribution in [-0.4, -0.2) is 29.2 Å². The Labute approximate surface area is 86.6 Å². The highest BCUT2D eigenvalue weighted by atomic mass is 32.1. The van der Waals surface area contributed by atoms with Crippen LogP contribution in [0.4, 0.5) is 5.00 Å². The van der Waals surface area contributed by atoms with E-state index in [4.69, 9.17) is 4.74 Å². The lowest BCUT2D eigenvalue weighted by atomic mass is 10.2. The maximum Gasteiger partial charge on any atom is 0.225 e. The molecule has 0 aliphatic heterocycles. The van der Waals surface area contributed by atoms with Gasteiger partial charge in [0.25, 0.3) is 0 Å². The Kier molecular flexibility index (Phi) is 5.09. The van der Waals surface area contributed by atoms with Crippen LogP contribution in [-0.2, 0) is 9.53 Å². The van der Waals surface area contributed by atoms with Gasteiger partial charge in [-0.15, -0.1) is 5.10 Å². The standard InChI is InChI=1S/C8H13N3O2S/c1-13-5-3-2-4-7(12)10-8-6-9-11-14-8/h6H,2-5H2,1H3,(H,10,12). The van der Waals surface area contributed by atoms with E-state index in [-0.39, 0.29) is 5.91 Å². The molecule has 5 nitrogen and oxygen atoms in total. The molecule has 1 N–H and O–H groups in total. The van der Waals surface area contributed by atoms with Crippen molar-refractivity contribution >= 4 is 22.4 Å². The Morgan fingerprint density at radius 2 is 2.50 bits per heavy atom. The number of nitrogens with one attached hydrogen (secondary N) is 1. The number of rotatable bonds is 6. The molecule has 0 radical (unpaired) electrons. The summed E-state index contributed by atoms with van der Waals surface area (Å²) in [6, 6.07) is 0. The predicted octanol–water partition coefficient (Wildman–Crippen LogP) is 1.29. The fourth-order valence-electron chi connectivity index (χ4n) is 0.954. The summed E-state index contributed by atoms with van der Waals surface area (Å²) >= 11 is 1.18. The van der Waals surface area contributed by atoms with Crippen molar-refractivity contribution in [3.05, 3.63) is 6.20 Å². The quantitative estimate of drug-likeness (QED) is 0.726. The van der Waals surface area contributed by atoms with Gasteiger partial charge in [-0.2, -0.15) is 0 Å². The first-order valence-electron chi connectivity index (χ1n) is 4.39. The minimum atomic E-state index is 0.00662. The van der Waals surface area contributed by atoms with Crippen LogP contribution in [0, 0.1) is 0 Å². The van der Waals surface area contributed by atoms with Gasteiger partial charge in [0, 0.05) is 31.7 Å². The van der Waals surface area contributed by atoms with Gasteiger partial charge in [-0.25, -0.2) is 0 Å². The minimum Gasteiger partial charge on any atom is -0.385 e. The Morgan fingerprint density at radius 3 is 3.14 bits per heavy atom. The van der Waals surface area contributed by atoms with Gasteiger partial charge in [-0.1, -0.05) is 4.49 Å². The summed E-state index contributed by atoms with van der Waals surface area (Å²) in [5.41, 5.74) is 0. The number of unbranched alkanes of at least 4 members (excludes halogenated alkanes) is 1. The molecule has 0 atom stereocenters. The maximum absolute atomic E-state index is 11.3. The van der Waals surface area contributed by atoms with Crippen LogP contribution in [0.2, 0.25) is 0 Å². The summed E-state index contributed by atoms with van der Waals surface area (Å²) in [6.07, 6.45) is 3.80. The van der Waals surface area contributed by atoms with E-state index in [0.717, 1.165) is 12.8 Å². The summed E-state index contributed by atoms with van der Waals surface area (Å²) in [5, 5.41) is 7.03. The molecule has 0 aliphatic rings. The van der Waals surface area contributed by atoms with Gasteiger partial charge < -0.3 is 10.1 Å². The zero-order valence-corrected chi connectivity index (χ0v) is 8.84. The number of anilines is 1. The summed E-state index contributed by atoms with van der Waals surface area (Å²) in [7, 11) is 1.66. The third-order valence-corrected chi connectivity index (χ3v) is 2.21. The highest BCUT2D eigenvalue weighted by Crippen LogP contribution is 2.09. The van der Waals surface area contributed by atoms with Crippen LogP contribution in [0.3, 0.4) is 0 Å². The number of amides is 1. The molecule has 0 aromatic carbocycles. The van der Waals surface area contributed by atoms with Crippen molar-refractivity contribution in [1.29, 1.82) is 0 Å². The van der Waals surface area contributed by atoms with Crippen molar-refractivity contribution in [3.63, 3.8) is 0 Å². The van der Waals surface area contributed by atoms with Crippen LogP contribution in [0.25, 0.3) is 0 Å². The normalized spacial score (nSPS) is 10.1. The first-order chi connectivity index (χ1) is 6.83. The van der Waals surface area contributed by atoms with Gasteiger partial charge in [0.15, 0.2) is 0 Å². The molecule has 1 aromatic heterocycles. The number of methoxy groups -OCH3 is 1. The number of aromatic nitrogens is 2. The molecule has 0 unspecified atom stereocenters. The average Bonchev–Trinajstić information content (AvgIpc) is 2.65. The monoisotopic (exact) mass is 215 g/mol. The highest BCUT2D eigenvalue weighted by Gasteiger charge is 2.03. The minimum absolute atomic E-state index is 0.00662. The first-order valence-corrected chi connectivity index (χ1v) is 5.16. The number of carbonyl (C=O) groups is 1. The van der Waals surface area contributed by atoms with Gasteiger partial charge >= 0.3 is 0 Å². The summed E-state index contributed by atoms with van der Waals surface area (Å²) in [4.78, 5) is 11.3. The Morgan fingerprint density at radius 1 is 1.64 bits per heavy atom. The second-order valence-corrected chi connectivity index (χ2v) is 3.57. The van der Waals surface area contributed by atoms with E-state index in [2.05, 4.69) is 14.9 Å². The second-order valence-electron chi connectivity index (χ2n) is 2.78. The third kappa shape index (κ3) is 4.29. The highest BCUT2D eigenvalue weighted by molar-refractivity contribution is 7.10. The Bertz CT molecular complexity index is 264. The molecule has 0 spiro atoms. The lowest BCUT2D eigenvalue weighted by Crippen LogP contribution is -2.10. The van der Waals surface area contributed by atoms with Crippen molar-refractivity contribution in [2.45, 2.75) is 19.3 Å². The maximum atomic E-state index is 11.3. The molecular formula is C8H13N3O2S. The smallest absolute Gasteiger partial charge is 0.225 e. The zero-order chi connectivity index (χ0) is 10.2. The van der Waals surface area contributed by atoms with Crippen molar-refractivity contribution in [3.8, 4) is 0 Å². The van der Waals surface area contributed by atoms with E-state index < -0.39 is 0 Å². The van der Waals surface area contributed by atoms with E-state index in [0.29, 0.717) is 18.0 Å². The van der Waals surface area contributed by atoms with Crippen LogP contribution >= 0.6 is 11.5 Å². The van der Waals surface area contributed by atoms with Gasteiger partial charge in [0.1, 0.15) is 5.00 Å². The number of hydrogen-bond donors (Lipinski definition) is 1. The SMILES string of the molecule is COCCCCC(=O)Nc1cnns1. The van der Waals surface area contributed by atoms with E-state index in [1.54, 1.807) is 7.11 Å². The van der Waals surface area contributed by atoms with Crippen LogP contribution < -0.4 is 5.32 Å². The lowest BCUT2D eigenvalue weighted by Gasteiger charge is -2.00. The van der Waals surface area contributed by atoms with Gasteiger partial charge in [-0.05, 0) is 12.8 Å². The van der Waals surface area contributed by atoms with Crippen molar-refractivity contribution < 1.29 is 9.53 Å². The van der Waals surface area contributed by atoms with Crippen molar-refractivity contribution in [2.24, 2.45) is 0 Å².